The van der Waals surface area contributed by atoms with Crippen molar-refractivity contribution in [1.29, 1.82) is 0 Å². The van der Waals surface area contributed by atoms with E-state index in [-0.39, 0.29) is 0 Å². The van der Waals surface area contributed by atoms with Crippen LogP contribution in [0.4, 0.5) is 0 Å². The molecule has 1 aromatic rings. The Hall–Kier alpha value is -1.50. The lowest BCUT2D eigenvalue weighted by Crippen LogP contribution is -1.80. The average molecular weight is 173 g/mol. The minimum Gasteiger partial charge on any atom is -0.299 e. The first kappa shape index (κ1) is 9.59. The summed E-state index contributed by atoms with van der Waals surface area (Å²) < 4.78 is 0. The Labute approximate surface area is 79.0 Å². The summed E-state index contributed by atoms with van der Waals surface area (Å²) in [5, 5.41) is 9.93. The molecular weight excluding hydrogens is 160 g/mol. The number of hydrogen-bond acceptors (Lipinski definition) is 0. The molecule has 0 N–H and O–H groups in total. The molecule has 0 saturated carbocycles. The van der Waals surface area contributed by atoms with Crippen molar-refractivity contribution in [3.05, 3.63) is 60.4 Å². The van der Waals surface area contributed by atoms with E-state index in [9.17, 15) is 5.11 Å². The molecule has 0 saturated heterocycles. The van der Waals surface area contributed by atoms with Crippen LogP contribution in [0, 0.1) is 0 Å². The zero-order chi connectivity index (χ0) is 9.36. The number of aryl methyl sites for hydroxylation is 1. The second kappa shape index (κ2) is 6.06. The zero-order valence-electron chi connectivity index (χ0n) is 7.52. The number of benzene rings is 1. The molecule has 0 aliphatic rings. The topological polar surface area (TPSA) is 19.9 Å². The van der Waals surface area contributed by atoms with Gasteiger partial charge in [-0.3, -0.25) is 5.11 Å². The summed E-state index contributed by atoms with van der Waals surface area (Å²) in [6.45, 7) is 0. The van der Waals surface area contributed by atoms with Crippen molar-refractivity contribution in [1.82, 2.24) is 0 Å². The molecule has 0 bridgehead atoms. The van der Waals surface area contributed by atoms with Crippen molar-refractivity contribution < 1.29 is 5.11 Å². The Balaban J connectivity index is 2.28. The van der Waals surface area contributed by atoms with E-state index in [1.807, 2.05) is 24.3 Å². The number of hydrogen-bond donors (Lipinski definition) is 0. The number of allylic oxidation sites excluding steroid dienone is 3. The van der Waals surface area contributed by atoms with E-state index in [1.165, 1.54) is 11.6 Å². The van der Waals surface area contributed by atoms with Gasteiger partial charge in [0.15, 0.2) is 0 Å². The van der Waals surface area contributed by atoms with E-state index in [0.29, 0.717) is 0 Å². The van der Waals surface area contributed by atoms with E-state index >= 15 is 0 Å². The van der Waals surface area contributed by atoms with Crippen LogP contribution in [-0.4, -0.2) is 0 Å². The largest absolute Gasteiger partial charge is 0.299 e. The van der Waals surface area contributed by atoms with Crippen molar-refractivity contribution in [2.75, 3.05) is 0 Å². The lowest BCUT2D eigenvalue weighted by atomic mass is 10.1. The van der Waals surface area contributed by atoms with Gasteiger partial charge in [0, 0.05) is 0 Å². The molecule has 0 aliphatic heterocycles. The van der Waals surface area contributed by atoms with Gasteiger partial charge in [-0.25, -0.2) is 0 Å². The summed E-state index contributed by atoms with van der Waals surface area (Å²) in [6.07, 6.45) is 8.10. The summed E-state index contributed by atoms with van der Waals surface area (Å²) in [7, 11) is 0. The third-order valence-electron chi connectivity index (χ3n) is 1.77. The molecule has 1 heteroatoms. The van der Waals surface area contributed by atoms with E-state index in [1.54, 1.807) is 6.08 Å². The van der Waals surface area contributed by atoms with Crippen LogP contribution in [0.3, 0.4) is 0 Å². The van der Waals surface area contributed by atoms with Crippen molar-refractivity contribution in [2.24, 2.45) is 0 Å². The van der Waals surface area contributed by atoms with Crippen LogP contribution in [0.5, 0.6) is 0 Å². The first-order chi connectivity index (χ1) is 6.43. The minimum atomic E-state index is 0.791. The summed E-state index contributed by atoms with van der Waals surface area (Å²) >= 11 is 0. The molecule has 0 aliphatic carbocycles. The van der Waals surface area contributed by atoms with E-state index in [2.05, 4.69) is 12.1 Å². The fourth-order valence-electron chi connectivity index (χ4n) is 1.11. The summed E-state index contributed by atoms with van der Waals surface area (Å²) in [5.41, 5.74) is 1.33. The Morgan fingerprint density at radius 3 is 2.54 bits per heavy atom. The van der Waals surface area contributed by atoms with Crippen LogP contribution in [-0.2, 0) is 11.5 Å². The normalized spacial score (nSPS) is 11.4. The molecule has 0 aromatic heterocycles. The van der Waals surface area contributed by atoms with Gasteiger partial charge in [0.25, 0.3) is 0 Å². The molecule has 1 rings (SSSR count). The van der Waals surface area contributed by atoms with Gasteiger partial charge >= 0.3 is 0 Å². The van der Waals surface area contributed by atoms with Gasteiger partial charge in [-0.15, -0.1) is 0 Å². The summed E-state index contributed by atoms with van der Waals surface area (Å²) in [5.74, 6) is 0. The molecule has 13 heavy (non-hydrogen) atoms. The average Bonchev–Trinajstić information content (AvgIpc) is 2.19. The standard InChI is InChI=1S/C12H13O/c13-11-7-2-1-4-8-12-9-5-3-6-10-12/h1-3,5-7,9-11H,4,8H2. The summed E-state index contributed by atoms with van der Waals surface area (Å²) in [4.78, 5) is 0. The monoisotopic (exact) mass is 173 g/mol. The highest BCUT2D eigenvalue weighted by Gasteiger charge is 1.86. The van der Waals surface area contributed by atoms with Crippen LogP contribution in [0.2, 0.25) is 0 Å². The predicted octanol–water partition coefficient (Wildman–Crippen LogP) is 3.12. The second-order valence-corrected chi connectivity index (χ2v) is 2.78. The highest BCUT2D eigenvalue weighted by molar-refractivity contribution is 5.15. The third kappa shape index (κ3) is 4.16. The Morgan fingerprint density at radius 1 is 1.08 bits per heavy atom. The van der Waals surface area contributed by atoms with Gasteiger partial charge in [-0.2, -0.15) is 0 Å². The second-order valence-electron chi connectivity index (χ2n) is 2.78. The highest BCUT2D eigenvalue weighted by Crippen LogP contribution is 2.02. The van der Waals surface area contributed by atoms with Gasteiger partial charge < -0.3 is 0 Å². The van der Waals surface area contributed by atoms with Crippen LogP contribution in [0.15, 0.2) is 54.8 Å². The smallest absolute Gasteiger partial charge is 0.142 e. The van der Waals surface area contributed by atoms with Gasteiger partial charge in [0.1, 0.15) is 6.26 Å². The lowest BCUT2D eigenvalue weighted by Gasteiger charge is -1.95. The summed E-state index contributed by atoms with van der Waals surface area (Å²) in [6, 6.07) is 10.3. The Kier molecular flexibility index (Phi) is 4.47. The molecule has 0 fully saturated rings. The van der Waals surface area contributed by atoms with Gasteiger partial charge in [-0.1, -0.05) is 42.5 Å². The van der Waals surface area contributed by atoms with E-state index < -0.39 is 0 Å². The quantitative estimate of drug-likeness (QED) is 0.492. The fraction of sp³-hybridized carbons (Fsp3) is 0.167. The molecule has 1 nitrogen and oxygen atoms in total. The molecule has 1 aromatic carbocycles. The molecular formula is C12H13O. The van der Waals surface area contributed by atoms with Crippen molar-refractivity contribution in [3.8, 4) is 0 Å². The zero-order valence-corrected chi connectivity index (χ0v) is 7.52. The third-order valence-corrected chi connectivity index (χ3v) is 1.77. The minimum absolute atomic E-state index is 0.791. The first-order valence-electron chi connectivity index (χ1n) is 4.41. The maximum Gasteiger partial charge on any atom is 0.142 e. The van der Waals surface area contributed by atoms with E-state index in [0.717, 1.165) is 19.1 Å². The Morgan fingerprint density at radius 2 is 1.85 bits per heavy atom. The lowest BCUT2D eigenvalue weighted by molar-refractivity contribution is 0.352. The van der Waals surface area contributed by atoms with Gasteiger partial charge in [0.2, 0.25) is 0 Å². The van der Waals surface area contributed by atoms with Crippen LogP contribution < -0.4 is 0 Å². The maximum absolute atomic E-state index is 9.93. The van der Waals surface area contributed by atoms with Crippen LogP contribution in [0.25, 0.3) is 0 Å². The maximum atomic E-state index is 9.93. The highest BCUT2D eigenvalue weighted by atomic mass is 16.2. The molecule has 0 heterocycles. The van der Waals surface area contributed by atoms with Crippen molar-refractivity contribution in [3.63, 3.8) is 0 Å². The number of rotatable bonds is 4. The molecule has 1 radical (unpaired) electrons. The van der Waals surface area contributed by atoms with E-state index in [4.69, 9.17) is 0 Å². The van der Waals surface area contributed by atoms with Crippen LogP contribution in [0.1, 0.15) is 12.0 Å². The van der Waals surface area contributed by atoms with Crippen LogP contribution >= 0.6 is 0 Å². The fourth-order valence-corrected chi connectivity index (χ4v) is 1.11. The molecule has 0 unspecified atom stereocenters. The Bertz CT molecular complexity index is 272. The van der Waals surface area contributed by atoms with Crippen molar-refractivity contribution in [2.45, 2.75) is 12.8 Å². The first-order valence-corrected chi connectivity index (χ1v) is 4.41. The molecule has 0 atom stereocenters. The molecule has 67 valence electrons. The predicted molar refractivity (Wildman–Crippen MR) is 53.7 cm³/mol. The molecule has 0 spiro atoms. The van der Waals surface area contributed by atoms with Crippen molar-refractivity contribution >= 4 is 0 Å². The SMILES string of the molecule is [O]C=CC=CCCc1ccccc1. The molecule has 0 amide bonds. The van der Waals surface area contributed by atoms with Gasteiger partial charge in [-0.05, 0) is 24.5 Å². The van der Waals surface area contributed by atoms with Gasteiger partial charge in [0.05, 0.1) is 0 Å².